The average molecular weight is 232 g/mol. The van der Waals surface area contributed by atoms with Crippen LogP contribution in [0.15, 0.2) is 30.9 Å². The maximum atomic E-state index is 11.1. The molecular weight excluding hydrogens is 212 g/mol. The summed E-state index contributed by atoms with van der Waals surface area (Å²) in [7, 11) is 0. The third-order valence-corrected chi connectivity index (χ3v) is 2.73. The lowest BCUT2D eigenvalue weighted by Gasteiger charge is -2.17. The van der Waals surface area contributed by atoms with E-state index in [0.717, 1.165) is 24.1 Å². The summed E-state index contributed by atoms with van der Waals surface area (Å²) in [6, 6.07) is 5.80. The van der Waals surface area contributed by atoms with Gasteiger partial charge in [0.2, 0.25) is 5.91 Å². The van der Waals surface area contributed by atoms with Gasteiger partial charge in [0.1, 0.15) is 0 Å². The molecular formula is C14H20N2O. The fourth-order valence-corrected chi connectivity index (χ4v) is 1.64. The summed E-state index contributed by atoms with van der Waals surface area (Å²) >= 11 is 0. The Kier molecular flexibility index (Phi) is 4.76. The van der Waals surface area contributed by atoms with Crippen molar-refractivity contribution in [3.8, 4) is 0 Å². The maximum absolute atomic E-state index is 11.1. The second-order valence-corrected chi connectivity index (χ2v) is 4.31. The Morgan fingerprint density at radius 1 is 1.59 bits per heavy atom. The SMILES string of the molecule is C=CCC[C@@H](C)Nc1cc(C(N)=O)ccc1C. The van der Waals surface area contributed by atoms with Gasteiger partial charge >= 0.3 is 0 Å². The summed E-state index contributed by atoms with van der Waals surface area (Å²) < 4.78 is 0. The van der Waals surface area contributed by atoms with Crippen LogP contribution in [0.5, 0.6) is 0 Å². The molecule has 0 heterocycles. The molecule has 0 aliphatic heterocycles. The summed E-state index contributed by atoms with van der Waals surface area (Å²) in [6.07, 6.45) is 3.90. The molecule has 0 radical (unpaired) electrons. The molecule has 1 rings (SSSR count). The summed E-state index contributed by atoms with van der Waals surface area (Å²) in [6.45, 7) is 7.82. The summed E-state index contributed by atoms with van der Waals surface area (Å²) in [4.78, 5) is 11.1. The Bertz CT molecular complexity index is 413. The van der Waals surface area contributed by atoms with E-state index in [1.807, 2.05) is 25.1 Å². The highest BCUT2D eigenvalue weighted by Crippen LogP contribution is 2.18. The highest BCUT2D eigenvalue weighted by Gasteiger charge is 2.07. The zero-order valence-electron chi connectivity index (χ0n) is 10.5. The molecule has 1 aromatic rings. The van der Waals surface area contributed by atoms with Gasteiger partial charge in [-0.2, -0.15) is 0 Å². The Balaban J connectivity index is 2.78. The van der Waals surface area contributed by atoms with Crippen LogP contribution >= 0.6 is 0 Å². The first-order chi connectivity index (χ1) is 8.04. The lowest BCUT2D eigenvalue weighted by atomic mass is 10.1. The van der Waals surface area contributed by atoms with Crippen LogP contribution in [0.3, 0.4) is 0 Å². The molecule has 0 aromatic heterocycles. The molecule has 1 aromatic carbocycles. The minimum Gasteiger partial charge on any atom is -0.382 e. The molecule has 0 aliphatic carbocycles. The summed E-state index contributed by atoms with van der Waals surface area (Å²) in [5, 5.41) is 3.38. The van der Waals surface area contributed by atoms with Crippen molar-refractivity contribution in [1.29, 1.82) is 0 Å². The first-order valence-corrected chi connectivity index (χ1v) is 5.82. The van der Waals surface area contributed by atoms with E-state index < -0.39 is 5.91 Å². The van der Waals surface area contributed by atoms with Crippen LogP contribution in [0.4, 0.5) is 5.69 Å². The molecule has 0 saturated heterocycles. The normalized spacial score (nSPS) is 11.9. The molecule has 1 atom stereocenters. The molecule has 17 heavy (non-hydrogen) atoms. The van der Waals surface area contributed by atoms with Crippen molar-refractivity contribution in [3.05, 3.63) is 42.0 Å². The Hall–Kier alpha value is -1.77. The van der Waals surface area contributed by atoms with E-state index in [4.69, 9.17) is 5.73 Å². The molecule has 0 aliphatic rings. The molecule has 0 fully saturated rings. The molecule has 3 N–H and O–H groups in total. The number of anilines is 1. The van der Waals surface area contributed by atoms with Gasteiger partial charge in [0.25, 0.3) is 0 Å². The van der Waals surface area contributed by atoms with Crippen molar-refractivity contribution in [1.82, 2.24) is 0 Å². The predicted molar refractivity (Wildman–Crippen MR) is 72.2 cm³/mol. The van der Waals surface area contributed by atoms with Crippen LogP contribution in [0.1, 0.15) is 35.7 Å². The highest BCUT2D eigenvalue weighted by atomic mass is 16.1. The largest absolute Gasteiger partial charge is 0.382 e. The number of nitrogens with two attached hydrogens (primary N) is 1. The number of allylic oxidation sites excluding steroid dienone is 1. The van der Waals surface area contributed by atoms with Crippen LogP contribution in [0, 0.1) is 6.92 Å². The van der Waals surface area contributed by atoms with E-state index in [1.165, 1.54) is 0 Å². The van der Waals surface area contributed by atoms with Gasteiger partial charge in [-0.05, 0) is 44.4 Å². The molecule has 0 saturated carbocycles. The van der Waals surface area contributed by atoms with Gasteiger partial charge in [0, 0.05) is 17.3 Å². The zero-order chi connectivity index (χ0) is 12.8. The number of carbonyl (C=O) groups excluding carboxylic acids is 1. The number of benzene rings is 1. The van der Waals surface area contributed by atoms with Crippen LogP contribution in [-0.2, 0) is 0 Å². The summed E-state index contributed by atoms with van der Waals surface area (Å²) in [5.74, 6) is -0.396. The quantitative estimate of drug-likeness (QED) is 0.741. The topological polar surface area (TPSA) is 55.1 Å². The van der Waals surface area contributed by atoms with Crippen molar-refractivity contribution in [2.75, 3.05) is 5.32 Å². The number of aryl methyl sites for hydroxylation is 1. The first-order valence-electron chi connectivity index (χ1n) is 5.82. The minimum atomic E-state index is -0.396. The molecule has 0 bridgehead atoms. The van der Waals surface area contributed by atoms with Gasteiger partial charge in [-0.25, -0.2) is 0 Å². The van der Waals surface area contributed by atoms with E-state index in [0.29, 0.717) is 11.6 Å². The Morgan fingerprint density at radius 2 is 2.29 bits per heavy atom. The number of hydrogen-bond donors (Lipinski definition) is 2. The molecule has 3 nitrogen and oxygen atoms in total. The van der Waals surface area contributed by atoms with Crippen LogP contribution < -0.4 is 11.1 Å². The monoisotopic (exact) mass is 232 g/mol. The van der Waals surface area contributed by atoms with Gasteiger partial charge in [-0.1, -0.05) is 12.1 Å². The second-order valence-electron chi connectivity index (χ2n) is 4.31. The third kappa shape index (κ3) is 3.94. The first kappa shape index (κ1) is 13.3. The van der Waals surface area contributed by atoms with Crippen molar-refractivity contribution in [3.63, 3.8) is 0 Å². The van der Waals surface area contributed by atoms with E-state index in [2.05, 4.69) is 18.8 Å². The summed E-state index contributed by atoms with van der Waals surface area (Å²) in [5.41, 5.74) is 7.88. The number of amides is 1. The molecule has 0 unspecified atom stereocenters. The molecule has 0 spiro atoms. The van der Waals surface area contributed by atoms with Crippen LogP contribution in [0.25, 0.3) is 0 Å². The molecule has 92 valence electrons. The van der Waals surface area contributed by atoms with Gasteiger partial charge < -0.3 is 11.1 Å². The number of primary amides is 1. The minimum absolute atomic E-state index is 0.342. The van der Waals surface area contributed by atoms with Crippen LogP contribution in [-0.4, -0.2) is 11.9 Å². The maximum Gasteiger partial charge on any atom is 0.248 e. The standard InChI is InChI=1S/C14H20N2O/c1-4-5-6-11(3)16-13-9-12(14(15)17)8-7-10(13)2/h4,7-9,11,16H,1,5-6H2,2-3H3,(H2,15,17)/t11-/m1/s1. The lowest BCUT2D eigenvalue weighted by Crippen LogP contribution is -2.17. The zero-order valence-corrected chi connectivity index (χ0v) is 10.5. The lowest BCUT2D eigenvalue weighted by molar-refractivity contribution is 0.100. The van der Waals surface area contributed by atoms with Gasteiger partial charge in [-0.3, -0.25) is 4.79 Å². The number of hydrogen-bond acceptors (Lipinski definition) is 2. The average Bonchev–Trinajstić information content (AvgIpc) is 2.29. The number of nitrogens with one attached hydrogen (secondary N) is 1. The fraction of sp³-hybridized carbons (Fsp3) is 0.357. The number of rotatable bonds is 6. The second kappa shape index (κ2) is 6.09. The highest BCUT2D eigenvalue weighted by molar-refractivity contribution is 5.94. The van der Waals surface area contributed by atoms with Gasteiger partial charge in [0.15, 0.2) is 0 Å². The van der Waals surface area contributed by atoms with Gasteiger partial charge in [-0.15, -0.1) is 6.58 Å². The van der Waals surface area contributed by atoms with E-state index in [9.17, 15) is 4.79 Å². The number of carbonyl (C=O) groups is 1. The fourth-order valence-electron chi connectivity index (χ4n) is 1.64. The van der Waals surface area contributed by atoms with Crippen molar-refractivity contribution in [2.45, 2.75) is 32.7 Å². The van der Waals surface area contributed by atoms with Crippen molar-refractivity contribution in [2.24, 2.45) is 5.73 Å². The third-order valence-electron chi connectivity index (χ3n) is 2.73. The Labute approximate surface area is 103 Å². The Morgan fingerprint density at radius 3 is 2.88 bits per heavy atom. The predicted octanol–water partition coefficient (Wildman–Crippen LogP) is 2.86. The molecule has 1 amide bonds. The van der Waals surface area contributed by atoms with Gasteiger partial charge in [0.05, 0.1) is 0 Å². The molecule has 3 heteroatoms. The van der Waals surface area contributed by atoms with E-state index >= 15 is 0 Å². The van der Waals surface area contributed by atoms with E-state index in [1.54, 1.807) is 6.07 Å². The van der Waals surface area contributed by atoms with E-state index in [-0.39, 0.29) is 0 Å². The van der Waals surface area contributed by atoms with Crippen LogP contribution in [0.2, 0.25) is 0 Å². The smallest absolute Gasteiger partial charge is 0.248 e. The van der Waals surface area contributed by atoms with Crippen molar-refractivity contribution < 1.29 is 4.79 Å². The van der Waals surface area contributed by atoms with Crippen molar-refractivity contribution >= 4 is 11.6 Å².